The summed E-state index contributed by atoms with van der Waals surface area (Å²) in [6.07, 6.45) is 0. The van der Waals surface area contributed by atoms with Gasteiger partial charge in [-0.05, 0) is 49.7 Å². The van der Waals surface area contributed by atoms with Gasteiger partial charge in [-0.25, -0.2) is 9.78 Å². The molecule has 0 aliphatic heterocycles. The van der Waals surface area contributed by atoms with Crippen LogP contribution in [0.25, 0.3) is 11.0 Å². The molecule has 0 aliphatic carbocycles. The Bertz CT molecular complexity index is 1150. The molecular weight excluding hydrogens is 354 g/mol. The number of fused-ring (bicyclic) bond motifs is 1. The first-order valence-corrected chi connectivity index (χ1v) is 8.91. The summed E-state index contributed by atoms with van der Waals surface area (Å²) in [5, 5.41) is 14.6. The van der Waals surface area contributed by atoms with Crippen LogP contribution in [0.15, 0.2) is 60.7 Å². The summed E-state index contributed by atoms with van der Waals surface area (Å²) in [5.74, 6) is 0.565. The van der Waals surface area contributed by atoms with E-state index in [9.17, 15) is 9.90 Å². The van der Waals surface area contributed by atoms with Gasteiger partial charge >= 0.3 is 5.97 Å². The lowest BCUT2D eigenvalue weighted by molar-refractivity contribution is 0.0698. The van der Waals surface area contributed by atoms with Crippen LogP contribution in [0.3, 0.4) is 0 Å². The normalized spacial score (nSPS) is 10.9. The van der Waals surface area contributed by atoms with Crippen LogP contribution < -0.4 is 4.74 Å². The molecule has 2 heterocycles. The third-order valence-corrected chi connectivity index (χ3v) is 4.56. The summed E-state index contributed by atoms with van der Waals surface area (Å²) in [4.78, 5) is 16.0. The van der Waals surface area contributed by atoms with Crippen LogP contribution >= 0.6 is 0 Å². The van der Waals surface area contributed by atoms with Gasteiger partial charge in [0.05, 0.1) is 17.5 Å². The minimum absolute atomic E-state index is 0.234. The van der Waals surface area contributed by atoms with Crippen molar-refractivity contribution in [2.24, 2.45) is 0 Å². The Balaban J connectivity index is 1.61. The van der Waals surface area contributed by atoms with E-state index in [2.05, 4.69) is 10.1 Å². The number of aromatic carboxylic acids is 1. The monoisotopic (exact) mass is 373 g/mol. The van der Waals surface area contributed by atoms with Crippen LogP contribution in [0.5, 0.6) is 11.5 Å². The van der Waals surface area contributed by atoms with E-state index in [0.29, 0.717) is 23.3 Å². The summed E-state index contributed by atoms with van der Waals surface area (Å²) < 4.78 is 7.60. The number of para-hydroxylation sites is 1. The van der Waals surface area contributed by atoms with E-state index in [1.807, 2.05) is 61.5 Å². The molecule has 28 heavy (non-hydrogen) atoms. The summed E-state index contributed by atoms with van der Waals surface area (Å²) >= 11 is 0. The minimum Gasteiger partial charge on any atom is -0.478 e. The molecule has 6 nitrogen and oxygen atoms in total. The molecule has 0 amide bonds. The van der Waals surface area contributed by atoms with Gasteiger partial charge in [-0.1, -0.05) is 30.3 Å². The van der Waals surface area contributed by atoms with E-state index >= 15 is 0 Å². The first-order valence-electron chi connectivity index (χ1n) is 8.91. The third kappa shape index (κ3) is 3.44. The van der Waals surface area contributed by atoms with Crippen LogP contribution in [-0.2, 0) is 6.54 Å². The molecule has 2 aromatic carbocycles. The van der Waals surface area contributed by atoms with E-state index in [1.54, 1.807) is 17.7 Å². The molecule has 0 aliphatic rings. The van der Waals surface area contributed by atoms with E-state index in [0.717, 1.165) is 22.8 Å². The Morgan fingerprint density at radius 3 is 2.39 bits per heavy atom. The van der Waals surface area contributed by atoms with Crippen molar-refractivity contribution in [3.8, 4) is 11.5 Å². The standard InChI is InChI=1S/C22H19N3O3/c1-14-12-19(22(26)27)20-15(2)25(24-21(20)23-14)13-16-8-10-18(11-9-16)28-17-6-4-3-5-7-17/h3-12H,13H2,1-2H3,(H,26,27). The van der Waals surface area contributed by atoms with Gasteiger partial charge in [-0.3, -0.25) is 4.68 Å². The third-order valence-electron chi connectivity index (χ3n) is 4.56. The number of aryl methyl sites for hydroxylation is 2. The quantitative estimate of drug-likeness (QED) is 0.554. The van der Waals surface area contributed by atoms with Crippen LogP contribution in [-0.4, -0.2) is 25.8 Å². The van der Waals surface area contributed by atoms with Gasteiger partial charge in [0, 0.05) is 11.4 Å². The predicted octanol–water partition coefficient (Wildman–Crippen LogP) is 4.59. The molecule has 0 atom stereocenters. The summed E-state index contributed by atoms with van der Waals surface area (Å²) in [6.45, 7) is 4.16. The molecule has 0 radical (unpaired) electrons. The zero-order valence-electron chi connectivity index (χ0n) is 15.6. The van der Waals surface area contributed by atoms with Gasteiger partial charge in [0.1, 0.15) is 11.5 Å². The van der Waals surface area contributed by atoms with Crippen LogP contribution in [0.4, 0.5) is 0 Å². The first kappa shape index (κ1) is 17.7. The van der Waals surface area contributed by atoms with Crippen molar-refractivity contribution in [1.29, 1.82) is 0 Å². The van der Waals surface area contributed by atoms with Gasteiger partial charge < -0.3 is 9.84 Å². The Morgan fingerprint density at radius 1 is 1.04 bits per heavy atom. The molecule has 2 aromatic heterocycles. The molecule has 0 fully saturated rings. The van der Waals surface area contributed by atoms with Crippen LogP contribution in [0.1, 0.15) is 27.3 Å². The number of ether oxygens (including phenoxy) is 1. The fraction of sp³-hybridized carbons (Fsp3) is 0.136. The van der Waals surface area contributed by atoms with Crippen molar-refractivity contribution in [3.05, 3.63) is 83.2 Å². The van der Waals surface area contributed by atoms with Gasteiger partial charge in [-0.2, -0.15) is 5.10 Å². The van der Waals surface area contributed by atoms with Gasteiger partial charge in [0.25, 0.3) is 0 Å². The van der Waals surface area contributed by atoms with Gasteiger partial charge in [0.2, 0.25) is 0 Å². The van der Waals surface area contributed by atoms with Crippen molar-refractivity contribution < 1.29 is 14.6 Å². The lowest BCUT2D eigenvalue weighted by atomic mass is 10.1. The SMILES string of the molecule is Cc1cc(C(=O)O)c2c(C)n(Cc3ccc(Oc4ccccc4)cc3)nc2n1. The molecule has 0 saturated carbocycles. The number of carbonyl (C=O) groups is 1. The first-order chi connectivity index (χ1) is 13.5. The molecule has 0 unspecified atom stereocenters. The molecular formula is C22H19N3O3. The van der Waals surface area contributed by atoms with Crippen molar-refractivity contribution in [1.82, 2.24) is 14.8 Å². The predicted molar refractivity (Wildman–Crippen MR) is 106 cm³/mol. The summed E-state index contributed by atoms with van der Waals surface area (Å²) in [6, 6.07) is 19.0. The zero-order chi connectivity index (χ0) is 19.7. The Hall–Kier alpha value is -3.67. The second kappa shape index (κ2) is 7.15. The molecule has 140 valence electrons. The van der Waals surface area contributed by atoms with Crippen LogP contribution in [0.2, 0.25) is 0 Å². The van der Waals surface area contributed by atoms with Crippen LogP contribution in [0, 0.1) is 13.8 Å². The second-order valence-electron chi connectivity index (χ2n) is 6.62. The van der Waals surface area contributed by atoms with E-state index in [-0.39, 0.29) is 5.56 Å². The highest BCUT2D eigenvalue weighted by Gasteiger charge is 2.18. The Morgan fingerprint density at radius 2 is 1.71 bits per heavy atom. The number of carboxylic acids is 1. The highest BCUT2D eigenvalue weighted by atomic mass is 16.5. The lowest BCUT2D eigenvalue weighted by Gasteiger charge is -2.08. The highest BCUT2D eigenvalue weighted by Crippen LogP contribution is 2.24. The Labute approximate surface area is 162 Å². The number of benzene rings is 2. The van der Waals surface area contributed by atoms with E-state index < -0.39 is 5.97 Å². The molecule has 0 saturated heterocycles. The fourth-order valence-electron chi connectivity index (χ4n) is 3.19. The second-order valence-corrected chi connectivity index (χ2v) is 6.62. The number of aromatic nitrogens is 3. The average Bonchev–Trinajstić information content (AvgIpc) is 2.98. The number of carboxylic acid groups (broad SMARTS) is 1. The number of hydrogen-bond acceptors (Lipinski definition) is 4. The maximum absolute atomic E-state index is 11.6. The highest BCUT2D eigenvalue weighted by molar-refractivity contribution is 6.02. The molecule has 0 bridgehead atoms. The minimum atomic E-state index is -0.972. The number of rotatable bonds is 5. The lowest BCUT2D eigenvalue weighted by Crippen LogP contribution is -2.04. The number of pyridine rings is 1. The van der Waals surface area contributed by atoms with E-state index in [4.69, 9.17) is 4.74 Å². The topological polar surface area (TPSA) is 77.2 Å². The summed E-state index contributed by atoms with van der Waals surface area (Å²) in [5.41, 5.74) is 3.14. The number of hydrogen-bond donors (Lipinski definition) is 1. The maximum atomic E-state index is 11.6. The van der Waals surface area contributed by atoms with Crippen molar-refractivity contribution in [3.63, 3.8) is 0 Å². The number of nitrogens with zero attached hydrogens (tertiary/aromatic N) is 3. The van der Waals surface area contributed by atoms with Crippen molar-refractivity contribution >= 4 is 17.0 Å². The Kier molecular flexibility index (Phi) is 4.53. The largest absolute Gasteiger partial charge is 0.478 e. The molecule has 0 spiro atoms. The van der Waals surface area contributed by atoms with E-state index in [1.165, 1.54) is 0 Å². The zero-order valence-corrected chi connectivity index (χ0v) is 15.6. The molecule has 6 heteroatoms. The average molecular weight is 373 g/mol. The van der Waals surface area contributed by atoms with Crippen molar-refractivity contribution in [2.45, 2.75) is 20.4 Å². The smallest absolute Gasteiger partial charge is 0.336 e. The van der Waals surface area contributed by atoms with Gasteiger partial charge in [-0.15, -0.1) is 0 Å². The molecule has 4 rings (SSSR count). The van der Waals surface area contributed by atoms with Crippen molar-refractivity contribution in [2.75, 3.05) is 0 Å². The molecule has 4 aromatic rings. The van der Waals surface area contributed by atoms with Gasteiger partial charge in [0.15, 0.2) is 5.65 Å². The maximum Gasteiger partial charge on any atom is 0.336 e. The molecule has 1 N–H and O–H groups in total. The fourth-order valence-corrected chi connectivity index (χ4v) is 3.19. The summed E-state index contributed by atoms with van der Waals surface area (Å²) in [7, 11) is 0.